The lowest BCUT2D eigenvalue weighted by atomic mass is 9.64. The number of carboxylic acid groups (broad SMARTS) is 1. The summed E-state index contributed by atoms with van der Waals surface area (Å²) in [5, 5.41) is 90.2. The van der Waals surface area contributed by atoms with Crippen LogP contribution in [0.3, 0.4) is 0 Å². The van der Waals surface area contributed by atoms with Gasteiger partial charge in [0.25, 0.3) is 5.56 Å². The monoisotopic (exact) mass is 853 g/mol. The summed E-state index contributed by atoms with van der Waals surface area (Å²) in [6.07, 6.45) is -17.9. The Hall–Kier alpha value is -3.55. The fourth-order valence-electron chi connectivity index (χ4n) is 8.34. The zero-order valence-electron chi connectivity index (χ0n) is 34.9. The van der Waals surface area contributed by atoms with Crippen LogP contribution in [-0.2, 0) is 35.0 Å². The molecule has 14 atom stereocenters. The zero-order valence-corrected chi connectivity index (χ0v) is 34.9. The van der Waals surface area contributed by atoms with Crippen molar-refractivity contribution in [1.29, 1.82) is 0 Å². The molecule has 0 aromatic heterocycles. The highest BCUT2D eigenvalue weighted by Gasteiger charge is 2.59. The quantitative estimate of drug-likeness (QED) is 0.0629. The van der Waals surface area contributed by atoms with Crippen LogP contribution in [-0.4, -0.2) is 179 Å². The Bertz CT molecular complexity index is 2050. The molecule has 4 heterocycles. The second kappa shape index (κ2) is 18.8. The lowest BCUT2D eigenvalue weighted by molar-refractivity contribution is -0.335. The second-order valence-electron chi connectivity index (χ2n) is 16.4. The number of hydrogen-bond acceptors (Lipinski definition) is 18. The molecule has 336 valence electrons. The summed E-state index contributed by atoms with van der Waals surface area (Å²) >= 11 is 0. The highest BCUT2D eigenvalue weighted by atomic mass is 16.7. The van der Waals surface area contributed by atoms with E-state index in [4.69, 9.17) is 23.7 Å². The van der Waals surface area contributed by atoms with E-state index < -0.39 is 127 Å². The molecular weight excluding hydrogens is 794 g/mol. The van der Waals surface area contributed by atoms with Crippen molar-refractivity contribution in [1.82, 2.24) is 24.8 Å². The number of aliphatic hydroxyl groups excluding tert-OH is 7. The number of H-pyrrole nitrogens is 1. The van der Waals surface area contributed by atoms with E-state index in [0.717, 1.165) is 18.2 Å². The third-order valence-corrected chi connectivity index (χ3v) is 12.4. The molecule has 0 saturated carbocycles. The SMILES string of the molecule is CCCC(C)(C1OC(CO)C(O)C(OC2OC(C(=O)O)C(OC)C(O)C2O)C1NC)C(C)(C)OCC(O)C(O)C(O)Cn1c2nc(=O)[nH]c(=O)c-2nc2cc(C)c(C)cc21. The van der Waals surface area contributed by atoms with Gasteiger partial charge in [-0.3, -0.25) is 9.78 Å². The molecule has 0 spiro atoms. The number of benzene rings is 1. The van der Waals surface area contributed by atoms with E-state index in [0.29, 0.717) is 23.9 Å². The highest BCUT2D eigenvalue weighted by molar-refractivity contribution is 5.81. The molecule has 14 unspecified atom stereocenters. The number of aliphatic carboxylic acids is 1. The lowest BCUT2D eigenvalue weighted by Crippen LogP contribution is -2.71. The summed E-state index contributed by atoms with van der Waals surface area (Å²) in [6.45, 7) is 9.26. The first kappa shape index (κ1) is 47.5. The molecule has 10 N–H and O–H groups in total. The molecule has 21 heteroatoms. The smallest absolute Gasteiger partial charge is 0.349 e. The van der Waals surface area contributed by atoms with Crippen molar-refractivity contribution in [3.05, 3.63) is 44.1 Å². The largest absolute Gasteiger partial charge is 0.479 e. The first-order chi connectivity index (χ1) is 28.2. The molecule has 5 rings (SSSR count). The number of carboxylic acids is 1. The number of aromatic amines is 1. The highest BCUT2D eigenvalue weighted by Crippen LogP contribution is 2.47. The molecule has 4 aliphatic heterocycles. The number of aryl methyl sites for hydroxylation is 2. The van der Waals surface area contributed by atoms with E-state index >= 15 is 0 Å². The maximum absolute atomic E-state index is 12.7. The summed E-state index contributed by atoms with van der Waals surface area (Å²) < 4.78 is 30.9. The topological polar surface area (TPSA) is 318 Å². The van der Waals surface area contributed by atoms with Crippen LogP contribution < -0.4 is 16.6 Å². The van der Waals surface area contributed by atoms with E-state index in [1.807, 2.05) is 27.7 Å². The fourth-order valence-corrected chi connectivity index (χ4v) is 8.34. The standard InChI is InChI=1S/C39H59N5O16/c1-9-10-39(6,32-23(40-7)29(26(49)22(14-45)58-32)59-36-28(51)27(50)30(56-8)31(60-36)35(53)54)38(4,5)57-15-21(47)25(48)20(46)13-44-19-12-17(3)16(2)11-18(19)41-24-33(44)42-37(55)43-34(24)52/h11-12,20-23,25-32,36,40,45-51H,9-10,13-15H2,1-8H3,(H,53,54)(H,43,52,55). The number of ether oxygens (including phenoxy) is 5. The third-order valence-electron chi connectivity index (χ3n) is 12.4. The normalized spacial score (nSPS) is 30.2. The van der Waals surface area contributed by atoms with Crippen molar-refractivity contribution in [3.8, 4) is 11.5 Å². The van der Waals surface area contributed by atoms with E-state index in [1.54, 1.807) is 33.0 Å². The van der Waals surface area contributed by atoms with Gasteiger partial charge in [-0.15, -0.1) is 0 Å². The summed E-state index contributed by atoms with van der Waals surface area (Å²) in [6, 6.07) is 2.53. The van der Waals surface area contributed by atoms with Gasteiger partial charge in [-0.25, -0.2) is 14.6 Å². The van der Waals surface area contributed by atoms with E-state index in [-0.39, 0.29) is 11.5 Å². The number of aliphatic hydroxyl groups is 7. The molecule has 0 radical (unpaired) electrons. The van der Waals surface area contributed by atoms with Crippen LogP contribution in [0.15, 0.2) is 21.7 Å². The number of fused-ring (bicyclic) bond motifs is 2. The van der Waals surface area contributed by atoms with Gasteiger partial charge in [0.1, 0.15) is 54.9 Å². The predicted molar refractivity (Wildman–Crippen MR) is 210 cm³/mol. The molecule has 0 aliphatic carbocycles. The minimum atomic E-state index is -1.82. The van der Waals surface area contributed by atoms with Crippen LogP contribution in [0.2, 0.25) is 0 Å². The Labute approximate surface area is 345 Å². The first-order valence-corrected chi connectivity index (χ1v) is 19.8. The van der Waals surface area contributed by atoms with E-state index in [1.165, 1.54) is 4.57 Å². The minimum Gasteiger partial charge on any atom is -0.479 e. The van der Waals surface area contributed by atoms with Crippen molar-refractivity contribution in [3.63, 3.8) is 0 Å². The van der Waals surface area contributed by atoms with Gasteiger partial charge in [-0.2, -0.15) is 4.98 Å². The van der Waals surface area contributed by atoms with Gasteiger partial charge < -0.3 is 74.4 Å². The van der Waals surface area contributed by atoms with E-state index in [2.05, 4.69) is 20.3 Å². The fraction of sp³-hybridized carbons (Fsp3) is 0.718. The van der Waals surface area contributed by atoms with Crippen LogP contribution in [0.5, 0.6) is 0 Å². The summed E-state index contributed by atoms with van der Waals surface area (Å²) in [5.74, 6) is -1.62. The van der Waals surface area contributed by atoms with Crippen molar-refractivity contribution in [2.45, 2.75) is 146 Å². The lowest BCUT2D eigenvalue weighted by Gasteiger charge is -2.56. The Balaban J connectivity index is 1.39. The Morgan fingerprint density at radius 2 is 1.67 bits per heavy atom. The summed E-state index contributed by atoms with van der Waals surface area (Å²) in [4.78, 5) is 47.5. The second-order valence-corrected chi connectivity index (χ2v) is 16.4. The van der Waals surface area contributed by atoms with Crippen LogP contribution in [0.1, 0.15) is 51.7 Å². The molecule has 0 bridgehead atoms. The Kier molecular flexibility index (Phi) is 14.9. The van der Waals surface area contributed by atoms with Crippen LogP contribution >= 0.6 is 0 Å². The molecule has 60 heavy (non-hydrogen) atoms. The van der Waals surface area contributed by atoms with Crippen molar-refractivity contribution < 1.29 is 69.3 Å². The maximum atomic E-state index is 12.7. The number of rotatable bonds is 17. The predicted octanol–water partition coefficient (Wildman–Crippen LogP) is -2.47. The number of aromatic nitrogens is 4. The van der Waals surface area contributed by atoms with E-state index in [9.17, 15) is 55.2 Å². The van der Waals surface area contributed by atoms with Crippen LogP contribution in [0.4, 0.5) is 0 Å². The number of hydrogen-bond donors (Lipinski definition) is 10. The first-order valence-electron chi connectivity index (χ1n) is 19.8. The molecular formula is C39H59N5O16. The van der Waals surface area contributed by atoms with Gasteiger partial charge in [0.2, 0.25) is 0 Å². The van der Waals surface area contributed by atoms with Gasteiger partial charge in [0, 0.05) is 12.5 Å². The van der Waals surface area contributed by atoms with Crippen LogP contribution in [0, 0.1) is 19.3 Å². The van der Waals surface area contributed by atoms with Crippen molar-refractivity contribution >= 4 is 17.0 Å². The molecule has 2 saturated heterocycles. The summed E-state index contributed by atoms with van der Waals surface area (Å²) in [7, 11) is 2.70. The number of likely N-dealkylation sites (N-methyl/N-ethyl adjacent to an activating group) is 1. The van der Waals surface area contributed by atoms with Gasteiger partial charge in [-0.1, -0.05) is 20.3 Å². The molecule has 4 aliphatic rings. The summed E-state index contributed by atoms with van der Waals surface area (Å²) in [5.41, 5.74) is -1.70. The molecule has 21 nitrogen and oxygen atoms in total. The van der Waals surface area contributed by atoms with Gasteiger partial charge in [0.05, 0.1) is 48.5 Å². The molecule has 2 fully saturated rings. The third kappa shape index (κ3) is 9.00. The number of nitrogens with zero attached hydrogens (tertiary/aromatic N) is 3. The van der Waals surface area contributed by atoms with Gasteiger partial charge in [0.15, 0.2) is 23.9 Å². The van der Waals surface area contributed by atoms with Crippen molar-refractivity contribution in [2.75, 3.05) is 27.4 Å². The number of carbonyl (C=O) groups is 1. The molecule has 1 aromatic carbocycles. The molecule has 1 aromatic rings. The van der Waals surface area contributed by atoms with Crippen LogP contribution in [0.25, 0.3) is 22.6 Å². The Morgan fingerprint density at radius 1 is 1.00 bits per heavy atom. The minimum absolute atomic E-state index is 0.130. The average Bonchev–Trinajstić information content (AvgIpc) is 3.19. The maximum Gasteiger partial charge on any atom is 0.349 e. The molecule has 0 amide bonds. The zero-order chi connectivity index (χ0) is 44.6. The number of methoxy groups -OCH3 is 1. The van der Waals surface area contributed by atoms with Gasteiger partial charge in [-0.05, 0) is 64.4 Å². The Morgan fingerprint density at radius 3 is 2.27 bits per heavy atom. The van der Waals surface area contributed by atoms with Gasteiger partial charge >= 0.3 is 11.7 Å². The average molecular weight is 854 g/mol. The number of nitrogens with one attached hydrogen (secondary N) is 2. The van der Waals surface area contributed by atoms with Crippen molar-refractivity contribution in [2.24, 2.45) is 5.41 Å².